The lowest BCUT2D eigenvalue weighted by atomic mass is 10.1. The molecule has 6 heteroatoms. The van der Waals surface area contributed by atoms with E-state index in [0.717, 1.165) is 17.4 Å². The van der Waals surface area contributed by atoms with Crippen LogP contribution in [0.2, 0.25) is 0 Å². The molecule has 2 aromatic carbocycles. The Labute approximate surface area is 157 Å². The number of nitrogens with one attached hydrogen (secondary N) is 2. The van der Waals surface area contributed by atoms with Gasteiger partial charge in [0.05, 0.1) is 5.69 Å². The normalized spacial score (nSPS) is 10.6. The van der Waals surface area contributed by atoms with E-state index in [1.54, 1.807) is 18.2 Å². The van der Waals surface area contributed by atoms with Crippen LogP contribution in [0.25, 0.3) is 11.0 Å². The number of carbonyl (C=O) groups is 1. The van der Waals surface area contributed by atoms with Gasteiger partial charge < -0.3 is 19.8 Å². The van der Waals surface area contributed by atoms with E-state index in [-0.39, 0.29) is 12.3 Å². The van der Waals surface area contributed by atoms with Gasteiger partial charge >= 0.3 is 5.63 Å². The van der Waals surface area contributed by atoms with Gasteiger partial charge in [-0.3, -0.25) is 4.79 Å². The van der Waals surface area contributed by atoms with Crippen LogP contribution in [-0.4, -0.2) is 19.1 Å². The Hall–Kier alpha value is -3.28. The summed E-state index contributed by atoms with van der Waals surface area (Å²) >= 11 is 0. The van der Waals surface area contributed by atoms with Crippen molar-refractivity contribution in [1.82, 2.24) is 0 Å². The fourth-order valence-electron chi connectivity index (χ4n) is 2.73. The van der Waals surface area contributed by atoms with E-state index in [4.69, 9.17) is 9.15 Å². The molecule has 0 aliphatic heterocycles. The summed E-state index contributed by atoms with van der Waals surface area (Å²) in [7, 11) is 0. The zero-order valence-corrected chi connectivity index (χ0v) is 15.4. The third-order valence-electron chi connectivity index (χ3n) is 4.08. The Bertz CT molecular complexity index is 1010. The van der Waals surface area contributed by atoms with Gasteiger partial charge in [0.25, 0.3) is 5.91 Å². The summed E-state index contributed by atoms with van der Waals surface area (Å²) in [5.41, 5.74) is 1.46. The van der Waals surface area contributed by atoms with E-state index in [9.17, 15) is 9.59 Å². The second-order valence-electron chi connectivity index (χ2n) is 6.16. The summed E-state index contributed by atoms with van der Waals surface area (Å²) in [5.74, 6) is 0.197. The first-order valence-electron chi connectivity index (χ1n) is 8.88. The summed E-state index contributed by atoms with van der Waals surface area (Å²) < 4.78 is 10.9. The average molecular weight is 366 g/mol. The van der Waals surface area contributed by atoms with E-state index in [2.05, 4.69) is 10.6 Å². The molecule has 1 aromatic heterocycles. The molecular formula is C21H22N2O4. The standard InChI is InChI=1S/C21H22N2O4/c1-3-12-22-19-15-9-5-7-11-17(15)27-21(25)20(19)23-18(24)13-26-16-10-6-4-8-14(16)2/h4-11,22H,3,12-13H2,1-2H3,(H,23,24). The number of benzene rings is 2. The van der Waals surface area contributed by atoms with Crippen LogP contribution >= 0.6 is 0 Å². The van der Waals surface area contributed by atoms with Gasteiger partial charge in [-0.15, -0.1) is 0 Å². The quantitative estimate of drug-likeness (QED) is 0.619. The van der Waals surface area contributed by atoms with Gasteiger partial charge in [-0.2, -0.15) is 0 Å². The molecule has 2 N–H and O–H groups in total. The van der Waals surface area contributed by atoms with Crippen LogP contribution in [0, 0.1) is 6.92 Å². The molecule has 140 valence electrons. The summed E-state index contributed by atoms with van der Waals surface area (Å²) in [6.45, 7) is 4.38. The van der Waals surface area contributed by atoms with Crippen molar-refractivity contribution in [2.45, 2.75) is 20.3 Å². The third kappa shape index (κ3) is 4.28. The van der Waals surface area contributed by atoms with E-state index < -0.39 is 11.5 Å². The molecule has 0 fully saturated rings. The van der Waals surface area contributed by atoms with Crippen molar-refractivity contribution in [3.8, 4) is 5.75 Å². The molecule has 0 bridgehead atoms. The summed E-state index contributed by atoms with van der Waals surface area (Å²) in [5, 5.41) is 6.59. The van der Waals surface area contributed by atoms with Gasteiger partial charge in [-0.1, -0.05) is 37.3 Å². The van der Waals surface area contributed by atoms with Gasteiger partial charge in [0.15, 0.2) is 12.3 Å². The highest BCUT2D eigenvalue weighted by atomic mass is 16.5. The van der Waals surface area contributed by atoms with Crippen LogP contribution < -0.4 is 21.0 Å². The number of rotatable bonds is 7. The van der Waals surface area contributed by atoms with Crippen molar-refractivity contribution in [3.63, 3.8) is 0 Å². The maximum Gasteiger partial charge on any atom is 0.362 e. The number of fused-ring (bicyclic) bond motifs is 1. The maximum absolute atomic E-state index is 12.4. The molecule has 6 nitrogen and oxygen atoms in total. The van der Waals surface area contributed by atoms with Gasteiger partial charge in [0.2, 0.25) is 0 Å². The number of amides is 1. The highest BCUT2D eigenvalue weighted by Crippen LogP contribution is 2.28. The van der Waals surface area contributed by atoms with Crippen molar-refractivity contribution in [2.24, 2.45) is 0 Å². The average Bonchev–Trinajstić information content (AvgIpc) is 2.67. The number of anilines is 2. The Morgan fingerprint density at radius 1 is 1.07 bits per heavy atom. The number of carbonyl (C=O) groups excluding carboxylic acids is 1. The summed E-state index contributed by atoms with van der Waals surface area (Å²) in [4.78, 5) is 24.8. The van der Waals surface area contributed by atoms with E-state index in [1.807, 2.05) is 44.2 Å². The predicted molar refractivity (Wildman–Crippen MR) is 107 cm³/mol. The minimum atomic E-state index is -0.600. The van der Waals surface area contributed by atoms with E-state index in [1.165, 1.54) is 0 Å². The molecule has 0 atom stereocenters. The van der Waals surface area contributed by atoms with Crippen LogP contribution in [0.15, 0.2) is 57.7 Å². The molecule has 3 aromatic rings. The molecule has 0 aliphatic carbocycles. The van der Waals surface area contributed by atoms with Crippen LogP contribution in [0.4, 0.5) is 11.4 Å². The number of hydrogen-bond donors (Lipinski definition) is 2. The SMILES string of the molecule is CCCNc1c(NC(=O)COc2ccccc2C)c(=O)oc2ccccc12. The first-order chi connectivity index (χ1) is 13.1. The Balaban J connectivity index is 1.84. The fourth-order valence-corrected chi connectivity index (χ4v) is 2.73. The van der Waals surface area contributed by atoms with Crippen molar-refractivity contribution in [2.75, 3.05) is 23.8 Å². The molecular weight excluding hydrogens is 344 g/mol. The minimum Gasteiger partial charge on any atom is -0.483 e. The molecule has 0 spiro atoms. The monoisotopic (exact) mass is 366 g/mol. The molecule has 0 radical (unpaired) electrons. The van der Waals surface area contributed by atoms with Crippen LogP contribution in [0.3, 0.4) is 0 Å². The molecule has 3 rings (SSSR count). The van der Waals surface area contributed by atoms with Gasteiger partial charge in [-0.25, -0.2) is 4.79 Å². The second kappa shape index (κ2) is 8.40. The molecule has 0 aliphatic rings. The van der Waals surface area contributed by atoms with Gasteiger partial charge in [-0.05, 0) is 37.1 Å². The Morgan fingerprint density at radius 2 is 1.81 bits per heavy atom. The zero-order chi connectivity index (χ0) is 19.2. The van der Waals surface area contributed by atoms with E-state index in [0.29, 0.717) is 23.6 Å². The lowest BCUT2D eigenvalue weighted by molar-refractivity contribution is -0.118. The van der Waals surface area contributed by atoms with Crippen molar-refractivity contribution >= 4 is 28.3 Å². The fraction of sp³-hybridized carbons (Fsp3) is 0.238. The molecule has 27 heavy (non-hydrogen) atoms. The van der Waals surface area contributed by atoms with Crippen LogP contribution in [0.1, 0.15) is 18.9 Å². The highest BCUT2D eigenvalue weighted by Gasteiger charge is 2.17. The number of aryl methyl sites for hydroxylation is 1. The third-order valence-corrected chi connectivity index (χ3v) is 4.08. The van der Waals surface area contributed by atoms with Gasteiger partial charge in [0.1, 0.15) is 11.3 Å². The highest BCUT2D eigenvalue weighted by molar-refractivity contribution is 6.02. The van der Waals surface area contributed by atoms with Crippen LogP contribution in [0.5, 0.6) is 5.75 Å². The lowest BCUT2D eigenvalue weighted by Crippen LogP contribution is -2.25. The Morgan fingerprint density at radius 3 is 2.59 bits per heavy atom. The smallest absolute Gasteiger partial charge is 0.362 e. The zero-order valence-electron chi connectivity index (χ0n) is 15.4. The molecule has 0 saturated carbocycles. The number of ether oxygens (including phenoxy) is 1. The summed E-state index contributed by atoms with van der Waals surface area (Å²) in [6, 6.07) is 14.6. The van der Waals surface area contributed by atoms with E-state index >= 15 is 0 Å². The summed E-state index contributed by atoms with van der Waals surface area (Å²) in [6.07, 6.45) is 0.873. The first-order valence-corrected chi connectivity index (χ1v) is 8.88. The first kappa shape index (κ1) is 18.5. The number of para-hydroxylation sites is 2. The van der Waals surface area contributed by atoms with Crippen molar-refractivity contribution < 1.29 is 13.9 Å². The molecule has 0 unspecified atom stereocenters. The predicted octanol–water partition coefficient (Wildman–Crippen LogP) is 3.94. The Kier molecular flexibility index (Phi) is 5.76. The maximum atomic E-state index is 12.4. The minimum absolute atomic E-state index is 0.0977. The topological polar surface area (TPSA) is 80.6 Å². The molecule has 1 amide bonds. The van der Waals surface area contributed by atoms with Gasteiger partial charge in [0, 0.05) is 11.9 Å². The second-order valence-corrected chi connectivity index (χ2v) is 6.16. The van der Waals surface area contributed by atoms with Crippen molar-refractivity contribution in [1.29, 1.82) is 0 Å². The van der Waals surface area contributed by atoms with Crippen LogP contribution in [-0.2, 0) is 4.79 Å². The van der Waals surface area contributed by atoms with Crippen molar-refractivity contribution in [3.05, 3.63) is 64.5 Å². The molecule has 1 heterocycles. The number of hydrogen-bond acceptors (Lipinski definition) is 5. The lowest BCUT2D eigenvalue weighted by Gasteiger charge is -2.14. The molecule has 0 saturated heterocycles. The largest absolute Gasteiger partial charge is 0.483 e.